The molecule has 2 aromatic rings. The van der Waals surface area contributed by atoms with Gasteiger partial charge in [0, 0.05) is 10.6 Å². The Morgan fingerprint density at radius 1 is 0.900 bits per heavy atom. The summed E-state index contributed by atoms with van der Waals surface area (Å²) in [5.41, 5.74) is 1.44. The van der Waals surface area contributed by atoms with E-state index in [4.69, 9.17) is 34.8 Å². The van der Waals surface area contributed by atoms with Crippen LogP contribution in [0, 0.1) is 5.82 Å². The van der Waals surface area contributed by atoms with E-state index in [2.05, 4.69) is 10.2 Å². The van der Waals surface area contributed by atoms with E-state index in [1.54, 1.807) is 24.3 Å². The van der Waals surface area contributed by atoms with Crippen LogP contribution in [0.2, 0.25) is 5.02 Å². The highest BCUT2D eigenvalue weighted by Crippen LogP contribution is 2.28. The van der Waals surface area contributed by atoms with Crippen molar-refractivity contribution in [3.8, 4) is 0 Å². The first-order valence-corrected chi connectivity index (χ1v) is 6.68. The molecule has 2 nitrogen and oxygen atoms in total. The van der Waals surface area contributed by atoms with E-state index in [0.29, 0.717) is 16.3 Å². The molecular formula is C14H8Cl3FN2. The van der Waals surface area contributed by atoms with E-state index >= 15 is 0 Å². The van der Waals surface area contributed by atoms with E-state index in [1.165, 1.54) is 24.3 Å². The molecule has 0 heterocycles. The van der Waals surface area contributed by atoms with E-state index in [-0.39, 0.29) is 16.0 Å². The third kappa shape index (κ3) is 4.04. The maximum Gasteiger partial charge on any atom is 0.134 e. The Morgan fingerprint density at radius 2 is 1.50 bits per heavy atom. The number of halogens is 4. The molecule has 0 unspecified atom stereocenters. The lowest BCUT2D eigenvalue weighted by molar-refractivity contribution is 0.627. The van der Waals surface area contributed by atoms with Crippen LogP contribution in [0.4, 0.5) is 10.1 Å². The second kappa shape index (κ2) is 6.84. The highest BCUT2D eigenvalue weighted by atomic mass is 35.5. The molecule has 0 fully saturated rings. The van der Waals surface area contributed by atoms with Crippen LogP contribution in [0.1, 0.15) is 5.56 Å². The van der Waals surface area contributed by atoms with Gasteiger partial charge in [0.2, 0.25) is 0 Å². The van der Waals surface area contributed by atoms with Gasteiger partial charge >= 0.3 is 0 Å². The van der Waals surface area contributed by atoms with Crippen molar-refractivity contribution in [2.75, 3.05) is 0 Å². The van der Waals surface area contributed by atoms with Crippen molar-refractivity contribution in [1.82, 2.24) is 0 Å². The normalized spacial score (nSPS) is 10.8. The van der Waals surface area contributed by atoms with Gasteiger partial charge in [0.05, 0.1) is 5.69 Å². The van der Waals surface area contributed by atoms with Crippen LogP contribution in [-0.4, -0.2) is 0 Å². The molecule has 6 heteroatoms. The van der Waals surface area contributed by atoms with Gasteiger partial charge in [-0.1, -0.05) is 34.8 Å². The number of nitrogens with zero attached hydrogens (tertiary/aromatic N) is 2. The van der Waals surface area contributed by atoms with Gasteiger partial charge in [0.1, 0.15) is 16.0 Å². The van der Waals surface area contributed by atoms with E-state index in [1.807, 2.05) is 0 Å². The van der Waals surface area contributed by atoms with Crippen molar-refractivity contribution >= 4 is 46.2 Å². The molecule has 0 aliphatic heterocycles. The van der Waals surface area contributed by atoms with Gasteiger partial charge in [0.15, 0.2) is 0 Å². The first kappa shape index (κ1) is 15.0. The first-order chi connectivity index (χ1) is 9.56. The number of azo groups is 1. The lowest BCUT2D eigenvalue weighted by Crippen LogP contribution is -1.82. The zero-order valence-corrected chi connectivity index (χ0v) is 12.3. The van der Waals surface area contributed by atoms with Crippen molar-refractivity contribution in [3.63, 3.8) is 0 Å². The molecule has 2 rings (SSSR count). The van der Waals surface area contributed by atoms with Crippen molar-refractivity contribution in [3.05, 3.63) is 69.4 Å². The van der Waals surface area contributed by atoms with Crippen molar-refractivity contribution in [2.24, 2.45) is 10.2 Å². The van der Waals surface area contributed by atoms with Crippen LogP contribution in [-0.2, 0) is 0 Å². The molecule has 0 saturated heterocycles. The second-order valence-electron chi connectivity index (χ2n) is 3.79. The zero-order valence-electron chi connectivity index (χ0n) is 10.0. The summed E-state index contributed by atoms with van der Waals surface area (Å²) in [6.07, 6.45) is 0. The molecule has 0 N–H and O–H groups in total. The van der Waals surface area contributed by atoms with Crippen LogP contribution >= 0.6 is 34.8 Å². The number of hydrogen-bond acceptors (Lipinski definition) is 2. The van der Waals surface area contributed by atoms with Crippen molar-refractivity contribution in [1.29, 1.82) is 0 Å². The summed E-state index contributed by atoms with van der Waals surface area (Å²) in [6, 6.07) is 12.4. The van der Waals surface area contributed by atoms with Crippen molar-refractivity contribution in [2.45, 2.75) is 0 Å². The molecule has 0 radical (unpaired) electrons. The van der Waals surface area contributed by atoms with Crippen molar-refractivity contribution < 1.29 is 4.39 Å². The minimum atomic E-state index is -0.353. The minimum Gasteiger partial charge on any atom is -0.207 e. The van der Waals surface area contributed by atoms with E-state index in [9.17, 15) is 4.39 Å². The Kier molecular flexibility index (Phi) is 5.12. The summed E-state index contributed by atoms with van der Waals surface area (Å²) in [6.45, 7) is 0. The highest BCUT2D eigenvalue weighted by Gasteiger charge is 2.06. The van der Waals surface area contributed by atoms with Gasteiger partial charge in [-0.25, -0.2) is 4.39 Å². The lowest BCUT2D eigenvalue weighted by Gasteiger charge is -2.01. The molecule has 0 aliphatic carbocycles. The Labute approximate surface area is 130 Å². The van der Waals surface area contributed by atoms with Crippen LogP contribution in [0.3, 0.4) is 0 Å². The average Bonchev–Trinajstić information content (AvgIpc) is 2.43. The fourth-order valence-electron chi connectivity index (χ4n) is 1.43. The summed E-state index contributed by atoms with van der Waals surface area (Å²) in [7, 11) is 0. The molecule has 2 aromatic carbocycles. The number of benzene rings is 2. The fraction of sp³-hybridized carbons (Fsp3) is 0. The van der Waals surface area contributed by atoms with Gasteiger partial charge in [-0.05, 0) is 48.5 Å². The maximum absolute atomic E-state index is 12.9. The quantitative estimate of drug-likeness (QED) is 0.585. The monoisotopic (exact) mass is 328 g/mol. The van der Waals surface area contributed by atoms with Gasteiger partial charge < -0.3 is 0 Å². The third-order valence-corrected chi connectivity index (χ3v) is 3.00. The Balaban J connectivity index is 2.29. The van der Waals surface area contributed by atoms with Gasteiger partial charge in [-0.3, -0.25) is 0 Å². The largest absolute Gasteiger partial charge is 0.207 e. The van der Waals surface area contributed by atoms with Gasteiger partial charge in [-0.15, -0.1) is 5.11 Å². The van der Waals surface area contributed by atoms with Crippen LogP contribution in [0.15, 0.2) is 63.3 Å². The second-order valence-corrected chi connectivity index (χ2v) is 5.18. The first-order valence-electron chi connectivity index (χ1n) is 5.55. The van der Waals surface area contributed by atoms with E-state index < -0.39 is 0 Å². The standard InChI is InChI=1S/C14H8Cl3FN2/c15-10-3-7-12(8-4-10)19-20-13(14(16)17)9-1-5-11(18)6-2-9/h1-8H. The topological polar surface area (TPSA) is 24.7 Å². The van der Waals surface area contributed by atoms with Crippen LogP contribution in [0.5, 0.6) is 0 Å². The molecule has 0 aliphatic rings. The molecule has 0 bridgehead atoms. The molecule has 0 aromatic heterocycles. The Morgan fingerprint density at radius 3 is 2.05 bits per heavy atom. The number of hydrogen-bond donors (Lipinski definition) is 0. The Hall–Kier alpha value is -1.42. The summed E-state index contributed by atoms with van der Waals surface area (Å²) in [5, 5.41) is 8.62. The van der Waals surface area contributed by atoms with Crippen LogP contribution < -0.4 is 0 Å². The predicted molar refractivity (Wildman–Crippen MR) is 81.0 cm³/mol. The van der Waals surface area contributed by atoms with E-state index in [0.717, 1.165) is 0 Å². The Bertz CT molecular complexity index is 645. The summed E-state index contributed by atoms with van der Waals surface area (Å²) in [5.74, 6) is -0.353. The summed E-state index contributed by atoms with van der Waals surface area (Å²) >= 11 is 17.3. The van der Waals surface area contributed by atoms with Gasteiger partial charge in [0.25, 0.3) is 0 Å². The van der Waals surface area contributed by atoms with Gasteiger partial charge in [-0.2, -0.15) is 5.11 Å². The zero-order chi connectivity index (χ0) is 14.5. The predicted octanol–water partition coefficient (Wildman–Crippen LogP) is 6.37. The molecule has 20 heavy (non-hydrogen) atoms. The molecule has 0 saturated carbocycles. The molecular weight excluding hydrogens is 322 g/mol. The summed E-state index contributed by atoms with van der Waals surface area (Å²) < 4.78 is 12.8. The maximum atomic E-state index is 12.9. The smallest absolute Gasteiger partial charge is 0.134 e. The minimum absolute atomic E-state index is 0.0469. The molecule has 0 amide bonds. The fourth-order valence-corrected chi connectivity index (χ4v) is 1.85. The lowest BCUT2D eigenvalue weighted by atomic mass is 10.2. The molecule has 0 atom stereocenters. The molecule has 102 valence electrons. The number of rotatable bonds is 3. The summed E-state index contributed by atoms with van der Waals surface area (Å²) in [4.78, 5) is 0. The highest BCUT2D eigenvalue weighted by molar-refractivity contribution is 6.58. The van der Waals surface area contributed by atoms with Crippen LogP contribution in [0.25, 0.3) is 5.70 Å². The SMILES string of the molecule is Fc1ccc(C(N=Nc2ccc(Cl)cc2)=C(Cl)Cl)cc1. The third-order valence-electron chi connectivity index (χ3n) is 2.39. The average molecular weight is 330 g/mol. The molecule has 0 spiro atoms.